The molecule has 1 saturated carbocycles. The number of nitrogens with one attached hydrogen (secondary N) is 1. The smallest absolute Gasteiger partial charge is 0.234 e. The van der Waals surface area contributed by atoms with Gasteiger partial charge in [-0.15, -0.1) is 11.8 Å². The average molecular weight is 334 g/mol. The molecule has 0 saturated heterocycles. The molecule has 1 aliphatic carbocycles. The summed E-state index contributed by atoms with van der Waals surface area (Å²) in [6.07, 6.45) is 5.94. The third-order valence-electron chi connectivity index (χ3n) is 4.28. The lowest BCUT2D eigenvalue weighted by Gasteiger charge is -2.31. The van der Waals surface area contributed by atoms with Gasteiger partial charge in [-0.2, -0.15) is 0 Å². The molecule has 0 aliphatic heterocycles. The summed E-state index contributed by atoms with van der Waals surface area (Å²) in [6.45, 7) is 1.99. The van der Waals surface area contributed by atoms with Gasteiger partial charge in [0.05, 0.1) is 11.5 Å². The fourth-order valence-electron chi connectivity index (χ4n) is 2.92. The van der Waals surface area contributed by atoms with E-state index in [0.717, 1.165) is 24.1 Å². The number of benzene rings is 1. The minimum atomic E-state index is -0.0614. The Morgan fingerprint density at radius 1 is 1.22 bits per heavy atom. The highest BCUT2D eigenvalue weighted by atomic mass is 32.2. The van der Waals surface area contributed by atoms with Gasteiger partial charge in [0.15, 0.2) is 0 Å². The van der Waals surface area contributed by atoms with Crippen molar-refractivity contribution in [2.24, 2.45) is 0 Å². The molecule has 1 aliphatic rings. The third-order valence-corrected chi connectivity index (χ3v) is 5.19. The first-order valence-corrected chi connectivity index (χ1v) is 9.41. The number of anilines is 1. The van der Waals surface area contributed by atoms with Crippen LogP contribution in [0, 0.1) is 6.92 Å². The van der Waals surface area contributed by atoms with Gasteiger partial charge in [-0.1, -0.05) is 31.4 Å². The van der Waals surface area contributed by atoms with Crippen molar-refractivity contribution in [3.63, 3.8) is 0 Å². The summed E-state index contributed by atoms with van der Waals surface area (Å²) in [5, 5.41) is 2.86. The molecule has 4 nitrogen and oxygen atoms in total. The van der Waals surface area contributed by atoms with E-state index in [-0.39, 0.29) is 11.8 Å². The monoisotopic (exact) mass is 334 g/mol. The first kappa shape index (κ1) is 17.9. The Bertz CT molecular complexity index is 542. The molecule has 2 amide bonds. The molecule has 0 spiro atoms. The summed E-state index contributed by atoms with van der Waals surface area (Å²) >= 11 is 1.38. The largest absolute Gasteiger partial charge is 0.342 e. The quantitative estimate of drug-likeness (QED) is 0.867. The Labute approximate surface area is 143 Å². The minimum Gasteiger partial charge on any atom is -0.342 e. The van der Waals surface area contributed by atoms with Crippen LogP contribution < -0.4 is 5.32 Å². The summed E-state index contributed by atoms with van der Waals surface area (Å²) in [5.41, 5.74) is 1.92. The molecule has 1 aromatic rings. The molecule has 2 rings (SSSR count). The van der Waals surface area contributed by atoms with Gasteiger partial charge in [-0.3, -0.25) is 9.59 Å². The molecule has 0 atom stereocenters. The Balaban J connectivity index is 1.69. The first-order valence-electron chi connectivity index (χ1n) is 8.26. The topological polar surface area (TPSA) is 49.4 Å². The molecule has 0 bridgehead atoms. The van der Waals surface area contributed by atoms with E-state index >= 15 is 0 Å². The van der Waals surface area contributed by atoms with Crippen LogP contribution in [0.3, 0.4) is 0 Å². The molecule has 5 heteroatoms. The van der Waals surface area contributed by atoms with E-state index in [0.29, 0.717) is 17.5 Å². The summed E-state index contributed by atoms with van der Waals surface area (Å²) < 4.78 is 0. The van der Waals surface area contributed by atoms with Crippen LogP contribution in [0.25, 0.3) is 0 Å². The van der Waals surface area contributed by atoms with Crippen molar-refractivity contribution in [3.8, 4) is 0 Å². The highest BCUT2D eigenvalue weighted by Gasteiger charge is 2.21. The number of rotatable bonds is 6. The molecule has 1 N–H and O–H groups in total. The average Bonchev–Trinajstić information content (AvgIpc) is 2.55. The lowest BCUT2D eigenvalue weighted by atomic mass is 9.94. The predicted molar refractivity (Wildman–Crippen MR) is 96.8 cm³/mol. The number of aryl methyl sites for hydroxylation is 1. The predicted octanol–water partition coefficient (Wildman–Crippen LogP) is 3.46. The zero-order chi connectivity index (χ0) is 16.7. The van der Waals surface area contributed by atoms with Gasteiger partial charge in [0.1, 0.15) is 0 Å². The lowest BCUT2D eigenvalue weighted by molar-refractivity contribution is -0.129. The van der Waals surface area contributed by atoms with Crippen molar-refractivity contribution in [2.45, 2.75) is 45.1 Å². The number of nitrogens with zero attached hydrogens (tertiary/aromatic N) is 1. The SMILES string of the molecule is Cc1cccc(NC(=O)CSCC(=O)N(C)C2CCCCC2)c1. The van der Waals surface area contributed by atoms with Gasteiger partial charge in [0, 0.05) is 18.8 Å². The zero-order valence-corrected chi connectivity index (χ0v) is 14.8. The van der Waals surface area contributed by atoms with Crippen LogP contribution in [-0.4, -0.2) is 41.3 Å². The van der Waals surface area contributed by atoms with Gasteiger partial charge in [-0.05, 0) is 37.5 Å². The van der Waals surface area contributed by atoms with Crippen molar-refractivity contribution in [1.82, 2.24) is 4.90 Å². The number of carbonyl (C=O) groups excluding carboxylic acids is 2. The van der Waals surface area contributed by atoms with Crippen LogP contribution in [0.2, 0.25) is 0 Å². The Hall–Kier alpha value is -1.49. The second-order valence-electron chi connectivity index (χ2n) is 6.21. The number of amides is 2. The normalized spacial score (nSPS) is 15.2. The summed E-state index contributed by atoms with van der Waals surface area (Å²) in [6, 6.07) is 8.10. The van der Waals surface area contributed by atoms with Crippen LogP contribution in [0.5, 0.6) is 0 Å². The highest BCUT2D eigenvalue weighted by molar-refractivity contribution is 8.00. The molecular weight excluding hydrogens is 308 g/mol. The van der Waals surface area contributed by atoms with E-state index in [9.17, 15) is 9.59 Å². The number of carbonyl (C=O) groups is 2. The molecule has 0 heterocycles. The maximum atomic E-state index is 12.2. The zero-order valence-electron chi connectivity index (χ0n) is 14.0. The van der Waals surface area contributed by atoms with E-state index in [2.05, 4.69) is 5.32 Å². The van der Waals surface area contributed by atoms with Gasteiger partial charge in [0.2, 0.25) is 11.8 Å². The first-order chi connectivity index (χ1) is 11.1. The van der Waals surface area contributed by atoms with Gasteiger partial charge in [-0.25, -0.2) is 0 Å². The van der Waals surface area contributed by atoms with Gasteiger partial charge >= 0.3 is 0 Å². The van der Waals surface area contributed by atoms with E-state index in [1.165, 1.54) is 31.0 Å². The number of thioether (sulfide) groups is 1. The standard InChI is InChI=1S/C18H26N2O2S/c1-14-7-6-8-15(11-14)19-17(21)12-23-13-18(22)20(2)16-9-4-3-5-10-16/h6-8,11,16H,3-5,9-10,12-13H2,1-2H3,(H,19,21). The molecule has 0 unspecified atom stereocenters. The van der Waals surface area contributed by atoms with Crippen molar-refractivity contribution < 1.29 is 9.59 Å². The van der Waals surface area contributed by atoms with E-state index in [1.807, 2.05) is 43.1 Å². The second kappa shape index (κ2) is 8.96. The van der Waals surface area contributed by atoms with Crippen LogP contribution in [-0.2, 0) is 9.59 Å². The fraction of sp³-hybridized carbons (Fsp3) is 0.556. The Morgan fingerprint density at radius 2 is 1.96 bits per heavy atom. The molecule has 0 radical (unpaired) electrons. The molecule has 1 fully saturated rings. The van der Waals surface area contributed by atoms with Crippen LogP contribution in [0.4, 0.5) is 5.69 Å². The summed E-state index contributed by atoms with van der Waals surface area (Å²) in [4.78, 5) is 26.0. The highest BCUT2D eigenvalue weighted by Crippen LogP contribution is 2.22. The van der Waals surface area contributed by atoms with E-state index in [4.69, 9.17) is 0 Å². The van der Waals surface area contributed by atoms with Crippen LogP contribution >= 0.6 is 11.8 Å². The maximum Gasteiger partial charge on any atom is 0.234 e. The maximum absolute atomic E-state index is 12.2. The third kappa shape index (κ3) is 5.90. The summed E-state index contributed by atoms with van der Waals surface area (Å²) in [7, 11) is 1.89. The minimum absolute atomic E-state index is 0.0614. The Morgan fingerprint density at radius 3 is 2.65 bits per heavy atom. The second-order valence-corrected chi connectivity index (χ2v) is 7.19. The van der Waals surface area contributed by atoms with E-state index < -0.39 is 0 Å². The molecule has 23 heavy (non-hydrogen) atoms. The van der Waals surface area contributed by atoms with Gasteiger partial charge < -0.3 is 10.2 Å². The van der Waals surface area contributed by atoms with Crippen molar-refractivity contribution >= 4 is 29.3 Å². The number of hydrogen-bond donors (Lipinski definition) is 1. The van der Waals surface area contributed by atoms with Gasteiger partial charge in [0.25, 0.3) is 0 Å². The molecule has 1 aromatic carbocycles. The molecular formula is C18H26N2O2S. The molecule has 0 aromatic heterocycles. The number of hydrogen-bond acceptors (Lipinski definition) is 3. The fourth-order valence-corrected chi connectivity index (χ4v) is 3.66. The Kier molecular flexibility index (Phi) is 6.96. The van der Waals surface area contributed by atoms with E-state index in [1.54, 1.807) is 0 Å². The lowest BCUT2D eigenvalue weighted by Crippen LogP contribution is -2.39. The van der Waals surface area contributed by atoms with Crippen LogP contribution in [0.15, 0.2) is 24.3 Å². The summed E-state index contributed by atoms with van der Waals surface area (Å²) in [5.74, 6) is 0.742. The van der Waals surface area contributed by atoms with Crippen molar-refractivity contribution in [3.05, 3.63) is 29.8 Å². The van der Waals surface area contributed by atoms with Crippen molar-refractivity contribution in [1.29, 1.82) is 0 Å². The van der Waals surface area contributed by atoms with Crippen LogP contribution in [0.1, 0.15) is 37.7 Å². The van der Waals surface area contributed by atoms with Crippen molar-refractivity contribution in [2.75, 3.05) is 23.9 Å². The molecule has 126 valence electrons.